The van der Waals surface area contributed by atoms with Gasteiger partial charge in [-0.1, -0.05) is 48.5 Å². The molecule has 0 spiro atoms. The average molecular weight is 217 g/mol. The first kappa shape index (κ1) is 9.86. The van der Waals surface area contributed by atoms with E-state index in [2.05, 4.69) is 42.5 Å². The Hall–Kier alpha value is -2.33. The van der Waals surface area contributed by atoms with Gasteiger partial charge in [-0.15, -0.1) is 0 Å². The molecule has 1 heteroatoms. The predicted octanol–water partition coefficient (Wildman–Crippen LogP) is 4.06. The normalized spacial score (nSPS) is 10.5. The van der Waals surface area contributed by atoms with Crippen molar-refractivity contribution in [2.24, 2.45) is 0 Å². The fourth-order valence-electron chi connectivity index (χ4n) is 2.36. The minimum atomic E-state index is 0.464. The highest BCUT2D eigenvalue weighted by Crippen LogP contribution is 2.28. The lowest BCUT2D eigenvalue weighted by Crippen LogP contribution is -1.86. The van der Waals surface area contributed by atoms with E-state index in [-0.39, 0.29) is 0 Å². The number of benzene rings is 3. The van der Waals surface area contributed by atoms with Crippen LogP contribution in [0.2, 0.25) is 0 Å². The highest BCUT2D eigenvalue weighted by Gasteiger charge is 2.04. The van der Waals surface area contributed by atoms with Crippen LogP contribution >= 0.6 is 0 Å². The van der Waals surface area contributed by atoms with Gasteiger partial charge in [0.15, 0.2) is 0 Å². The van der Waals surface area contributed by atoms with Crippen molar-refractivity contribution in [1.29, 1.82) is 5.26 Å². The van der Waals surface area contributed by atoms with E-state index in [1.165, 1.54) is 21.5 Å². The molecule has 17 heavy (non-hydrogen) atoms. The molecule has 3 aromatic rings. The van der Waals surface area contributed by atoms with E-state index in [0.29, 0.717) is 6.42 Å². The number of nitriles is 1. The molecule has 1 nitrogen and oxygen atoms in total. The van der Waals surface area contributed by atoms with E-state index in [9.17, 15) is 0 Å². The molecule has 0 amide bonds. The van der Waals surface area contributed by atoms with E-state index >= 15 is 0 Å². The van der Waals surface area contributed by atoms with Crippen molar-refractivity contribution in [3.8, 4) is 6.07 Å². The summed E-state index contributed by atoms with van der Waals surface area (Å²) in [6.45, 7) is 0. The van der Waals surface area contributed by atoms with E-state index < -0.39 is 0 Å². The van der Waals surface area contributed by atoms with Gasteiger partial charge in [0.1, 0.15) is 0 Å². The van der Waals surface area contributed by atoms with Crippen LogP contribution < -0.4 is 0 Å². The first-order valence-electron chi connectivity index (χ1n) is 5.66. The lowest BCUT2D eigenvalue weighted by molar-refractivity contribution is 1.29. The van der Waals surface area contributed by atoms with Gasteiger partial charge < -0.3 is 0 Å². The molecule has 80 valence electrons. The molecule has 0 radical (unpaired) electrons. The largest absolute Gasteiger partial charge is 0.198 e. The Morgan fingerprint density at radius 3 is 2.24 bits per heavy atom. The summed E-state index contributed by atoms with van der Waals surface area (Å²) in [5.41, 5.74) is 1.11. The Bertz CT molecular complexity index is 735. The van der Waals surface area contributed by atoms with Gasteiger partial charge in [0.2, 0.25) is 0 Å². The summed E-state index contributed by atoms with van der Waals surface area (Å²) in [6.07, 6.45) is 0.464. The van der Waals surface area contributed by atoms with Gasteiger partial charge in [-0.25, -0.2) is 0 Å². The zero-order valence-corrected chi connectivity index (χ0v) is 9.35. The third-order valence-corrected chi connectivity index (χ3v) is 3.12. The Balaban J connectivity index is 2.51. The summed E-state index contributed by atoms with van der Waals surface area (Å²) < 4.78 is 0. The fourth-order valence-corrected chi connectivity index (χ4v) is 2.36. The van der Waals surface area contributed by atoms with Crippen LogP contribution in [0, 0.1) is 11.3 Å². The number of hydrogen-bond acceptors (Lipinski definition) is 1. The van der Waals surface area contributed by atoms with E-state index in [1.807, 2.05) is 18.2 Å². The third-order valence-electron chi connectivity index (χ3n) is 3.12. The summed E-state index contributed by atoms with van der Waals surface area (Å²) in [7, 11) is 0. The van der Waals surface area contributed by atoms with Crippen LogP contribution in [0.1, 0.15) is 5.56 Å². The molecule has 0 heterocycles. The molecule has 0 aliphatic rings. The van der Waals surface area contributed by atoms with Crippen molar-refractivity contribution in [2.45, 2.75) is 6.42 Å². The third kappa shape index (κ3) is 1.55. The van der Waals surface area contributed by atoms with Gasteiger partial charge in [0.05, 0.1) is 12.5 Å². The first-order chi connectivity index (χ1) is 8.40. The quantitative estimate of drug-likeness (QED) is 0.564. The summed E-state index contributed by atoms with van der Waals surface area (Å²) >= 11 is 0. The summed E-state index contributed by atoms with van der Waals surface area (Å²) in [4.78, 5) is 0. The average Bonchev–Trinajstić information content (AvgIpc) is 2.39. The van der Waals surface area contributed by atoms with Gasteiger partial charge in [-0.05, 0) is 33.2 Å². The van der Waals surface area contributed by atoms with Crippen molar-refractivity contribution < 1.29 is 0 Å². The lowest BCUT2D eigenvalue weighted by atomic mass is 9.96. The van der Waals surface area contributed by atoms with Crippen LogP contribution in [-0.2, 0) is 6.42 Å². The van der Waals surface area contributed by atoms with E-state index in [4.69, 9.17) is 5.26 Å². The van der Waals surface area contributed by atoms with Crippen molar-refractivity contribution in [3.05, 3.63) is 60.2 Å². The molecule has 0 unspecified atom stereocenters. The van der Waals surface area contributed by atoms with Crippen LogP contribution in [0.5, 0.6) is 0 Å². The maximum absolute atomic E-state index is 8.90. The minimum absolute atomic E-state index is 0.464. The molecule has 3 rings (SSSR count). The molecule has 0 saturated heterocycles. The Labute approximate surface area is 99.9 Å². The lowest BCUT2D eigenvalue weighted by Gasteiger charge is -2.07. The second-order valence-electron chi connectivity index (χ2n) is 4.14. The van der Waals surface area contributed by atoms with Crippen molar-refractivity contribution in [1.82, 2.24) is 0 Å². The maximum atomic E-state index is 8.90. The molecule has 0 bridgehead atoms. The molecule has 0 atom stereocenters. The van der Waals surface area contributed by atoms with Crippen molar-refractivity contribution in [3.63, 3.8) is 0 Å². The van der Waals surface area contributed by atoms with Crippen LogP contribution in [0.3, 0.4) is 0 Å². The maximum Gasteiger partial charge on any atom is 0.0669 e. The minimum Gasteiger partial charge on any atom is -0.198 e. The van der Waals surface area contributed by atoms with Gasteiger partial charge in [0, 0.05) is 0 Å². The van der Waals surface area contributed by atoms with E-state index in [0.717, 1.165) is 5.56 Å². The topological polar surface area (TPSA) is 23.8 Å². The number of fused-ring (bicyclic) bond motifs is 3. The van der Waals surface area contributed by atoms with Crippen LogP contribution in [-0.4, -0.2) is 0 Å². The summed E-state index contributed by atoms with van der Waals surface area (Å²) in [5.74, 6) is 0. The molecule has 3 aromatic carbocycles. The molecule has 0 saturated carbocycles. The summed E-state index contributed by atoms with van der Waals surface area (Å²) in [5, 5.41) is 13.8. The monoisotopic (exact) mass is 217 g/mol. The zero-order valence-electron chi connectivity index (χ0n) is 9.35. The van der Waals surface area contributed by atoms with Gasteiger partial charge in [-0.2, -0.15) is 5.26 Å². The Morgan fingerprint density at radius 1 is 0.824 bits per heavy atom. The zero-order chi connectivity index (χ0) is 11.7. The fraction of sp³-hybridized carbons (Fsp3) is 0.0625. The molecule has 0 aliphatic heterocycles. The number of nitrogens with zero attached hydrogens (tertiary/aromatic N) is 1. The predicted molar refractivity (Wildman–Crippen MR) is 70.8 cm³/mol. The molecular weight excluding hydrogens is 206 g/mol. The Morgan fingerprint density at radius 2 is 1.47 bits per heavy atom. The molecule has 0 N–H and O–H groups in total. The second kappa shape index (κ2) is 3.92. The van der Waals surface area contributed by atoms with E-state index in [1.54, 1.807) is 0 Å². The number of rotatable bonds is 1. The van der Waals surface area contributed by atoms with Gasteiger partial charge in [-0.3, -0.25) is 0 Å². The SMILES string of the molecule is N#CCc1cc2ccccc2c2ccccc12. The number of hydrogen-bond donors (Lipinski definition) is 0. The Kier molecular flexibility index (Phi) is 2.27. The standard InChI is InChI=1S/C16H11N/c17-10-9-13-11-12-5-1-2-6-14(12)16-8-4-3-7-15(13)16/h1-8,11H,9H2. The molecule has 0 fully saturated rings. The highest BCUT2D eigenvalue weighted by molar-refractivity contribution is 6.08. The smallest absolute Gasteiger partial charge is 0.0669 e. The van der Waals surface area contributed by atoms with Gasteiger partial charge >= 0.3 is 0 Å². The van der Waals surface area contributed by atoms with Crippen LogP contribution in [0.4, 0.5) is 0 Å². The molecule has 0 aliphatic carbocycles. The van der Waals surface area contributed by atoms with Crippen LogP contribution in [0.25, 0.3) is 21.5 Å². The molecule has 0 aromatic heterocycles. The molecular formula is C16H11N. The highest BCUT2D eigenvalue weighted by atomic mass is 14.2. The summed E-state index contributed by atoms with van der Waals surface area (Å²) in [6, 6.07) is 21.0. The first-order valence-corrected chi connectivity index (χ1v) is 5.66. The van der Waals surface area contributed by atoms with Crippen LogP contribution in [0.15, 0.2) is 54.6 Å². The second-order valence-corrected chi connectivity index (χ2v) is 4.14. The van der Waals surface area contributed by atoms with Crippen molar-refractivity contribution >= 4 is 21.5 Å². The van der Waals surface area contributed by atoms with Crippen molar-refractivity contribution in [2.75, 3.05) is 0 Å². The van der Waals surface area contributed by atoms with Gasteiger partial charge in [0.25, 0.3) is 0 Å².